The third kappa shape index (κ3) is 7.91. The second-order valence-corrected chi connectivity index (χ2v) is 11.7. The van der Waals surface area contributed by atoms with Crippen LogP contribution in [-0.4, -0.2) is 48.7 Å². The van der Waals surface area contributed by atoms with Crippen LogP contribution < -0.4 is 9.62 Å². The van der Waals surface area contributed by atoms with Crippen LogP contribution in [0.25, 0.3) is 0 Å². The summed E-state index contributed by atoms with van der Waals surface area (Å²) in [6.07, 6.45) is 0.992. The molecule has 0 unspecified atom stereocenters. The highest BCUT2D eigenvalue weighted by Gasteiger charge is 2.34. The number of hydrogen-bond acceptors (Lipinski definition) is 6. The minimum Gasteiger partial charge on any atom is -0.352 e. The van der Waals surface area contributed by atoms with Crippen molar-refractivity contribution in [1.29, 1.82) is 0 Å². The number of nitrogens with one attached hydrogen (secondary N) is 1. The van der Waals surface area contributed by atoms with E-state index in [0.29, 0.717) is 12.8 Å². The van der Waals surface area contributed by atoms with Gasteiger partial charge in [-0.3, -0.25) is 24.0 Å². The van der Waals surface area contributed by atoms with E-state index in [1.165, 1.54) is 35.2 Å². The molecule has 11 heteroatoms. The molecule has 0 aliphatic rings. The Hall–Kier alpha value is -4.25. The lowest BCUT2D eigenvalue weighted by molar-refractivity contribution is -0.384. The van der Waals surface area contributed by atoms with E-state index in [-0.39, 0.29) is 34.8 Å². The quantitative estimate of drug-likeness (QED) is 0.228. The Bertz CT molecular complexity index is 1460. The summed E-state index contributed by atoms with van der Waals surface area (Å²) in [6.45, 7) is 6.93. The van der Waals surface area contributed by atoms with Crippen molar-refractivity contribution < 1.29 is 22.9 Å². The van der Waals surface area contributed by atoms with Gasteiger partial charge < -0.3 is 10.2 Å². The zero-order valence-corrected chi connectivity index (χ0v) is 24.5. The van der Waals surface area contributed by atoms with Crippen LogP contribution >= 0.6 is 0 Å². The minimum atomic E-state index is -4.32. The molecule has 1 N–H and O–H groups in total. The molecule has 41 heavy (non-hydrogen) atoms. The molecule has 3 aromatic carbocycles. The molecule has 0 bridgehead atoms. The number of nitro benzene ring substituents is 1. The van der Waals surface area contributed by atoms with Crippen LogP contribution in [0, 0.1) is 17.0 Å². The number of aryl methyl sites for hydroxylation is 1. The molecule has 0 radical (unpaired) electrons. The van der Waals surface area contributed by atoms with Crippen molar-refractivity contribution in [3.05, 3.63) is 100 Å². The first-order valence-electron chi connectivity index (χ1n) is 13.5. The summed E-state index contributed by atoms with van der Waals surface area (Å²) in [5, 5.41) is 14.4. The number of anilines is 1. The molecule has 0 aliphatic carbocycles. The van der Waals surface area contributed by atoms with Crippen LogP contribution in [0.2, 0.25) is 0 Å². The third-order valence-electron chi connectivity index (χ3n) is 6.80. The molecule has 2 atom stereocenters. The molecule has 2 amide bonds. The summed E-state index contributed by atoms with van der Waals surface area (Å²) in [7, 11) is -4.32. The summed E-state index contributed by atoms with van der Waals surface area (Å²) in [4.78, 5) is 39.5. The average Bonchev–Trinajstić information content (AvgIpc) is 2.97. The first kappa shape index (κ1) is 31.3. The standard InChI is InChI=1S/C30H36N4O6S/c1-5-23(4)31-30(36)28(6-2)32(20-24-17-15-22(3)16-18-24)29(35)21-33(25-11-10-12-26(19-25)34(37)38)41(39,40)27-13-8-7-9-14-27/h7-19,23,28H,5-6,20-21H2,1-4H3,(H,31,36)/t23-,28-/m0/s1. The highest BCUT2D eigenvalue weighted by Crippen LogP contribution is 2.28. The van der Waals surface area contributed by atoms with Crippen LogP contribution in [-0.2, 0) is 26.2 Å². The predicted octanol–water partition coefficient (Wildman–Crippen LogP) is 4.82. The lowest BCUT2D eigenvalue weighted by Gasteiger charge is -2.33. The lowest BCUT2D eigenvalue weighted by atomic mass is 10.1. The third-order valence-corrected chi connectivity index (χ3v) is 8.59. The maximum atomic E-state index is 14.1. The summed E-state index contributed by atoms with van der Waals surface area (Å²) in [5.41, 5.74) is 1.44. The Morgan fingerprint density at radius 1 is 0.951 bits per heavy atom. The average molecular weight is 581 g/mol. The van der Waals surface area contributed by atoms with E-state index in [1.54, 1.807) is 25.1 Å². The maximum absolute atomic E-state index is 14.1. The number of carbonyl (C=O) groups is 2. The number of sulfonamides is 1. The van der Waals surface area contributed by atoms with Gasteiger partial charge in [0.2, 0.25) is 11.8 Å². The molecular weight excluding hydrogens is 544 g/mol. The van der Waals surface area contributed by atoms with Gasteiger partial charge >= 0.3 is 0 Å². The van der Waals surface area contributed by atoms with Gasteiger partial charge in [0.1, 0.15) is 12.6 Å². The molecule has 218 valence electrons. The van der Waals surface area contributed by atoms with Gasteiger partial charge in [0, 0.05) is 24.7 Å². The van der Waals surface area contributed by atoms with Gasteiger partial charge in [-0.05, 0) is 50.5 Å². The fourth-order valence-electron chi connectivity index (χ4n) is 4.26. The first-order valence-corrected chi connectivity index (χ1v) is 14.9. The molecule has 0 aliphatic heterocycles. The molecule has 0 saturated heterocycles. The Balaban J connectivity index is 2.08. The molecule has 0 aromatic heterocycles. The number of hydrogen-bond donors (Lipinski definition) is 1. The van der Waals surface area contributed by atoms with Gasteiger partial charge in [0.15, 0.2) is 0 Å². The lowest BCUT2D eigenvalue weighted by Crippen LogP contribution is -2.53. The van der Waals surface area contributed by atoms with Crippen molar-refractivity contribution in [2.45, 2.75) is 64.1 Å². The Morgan fingerprint density at radius 2 is 1.61 bits per heavy atom. The summed E-state index contributed by atoms with van der Waals surface area (Å²) in [6, 6.07) is 19.2. The normalized spacial score (nSPS) is 12.7. The van der Waals surface area contributed by atoms with Crippen molar-refractivity contribution in [2.24, 2.45) is 0 Å². The molecule has 0 saturated carbocycles. The zero-order chi connectivity index (χ0) is 30.2. The summed E-state index contributed by atoms with van der Waals surface area (Å²) < 4.78 is 28.5. The largest absolute Gasteiger partial charge is 0.352 e. The fourth-order valence-corrected chi connectivity index (χ4v) is 5.69. The van der Waals surface area contributed by atoms with Crippen LogP contribution in [0.15, 0.2) is 83.8 Å². The highest BCUT2D eigenvalue weighted by molar-refractivity contribution is 7.92. The van der Waals surface area contributed by atoms with Crippen LogP contribution in [0.5, 0.6) is 0 Å². The Kier molecular flexibility index (Phi) is 10.6. The smallest absolute Gasteiger partial charge is 0.271 e. The number of benzene rings is 3. The summed E-state index contributed by atoms with van der Waals surface area (Å²) >= 11 is 0. The maximum Gasteiger partial charge on any atom is 0.271 e. The number of rotatable bonds is 13. The molecule has 10 nitrogen and oxygen atoms in total. The van der Waals surface area contributed by atoms with E-state index in [1.807, 2.05) is 45.0 Å². The van der Waals surface area contributed by atoms with Gasteiger partial charge in [-0.1, -0.05) is 67.9 Å². The van der Waals surface area contributed by atoms with Gasteiger partial charge in [-0.25, -0.2) is 8.42 Å². The van der Waals surface area contributed by atoms with Gasteiger partial charge in [0.25, 0.3) is 15.7 Å². The molecule has 3 aromatic rings. The molecule has 0 heterocycles. The fraction of sp³-hybridized carbons (Fsp3) is 0.333. The van der Waals surface area contributed by atoms with E-state index >= 15 is 0 Å². The van der Waals surface area contributed by atoms with Gasteiger partial charge in [-0.15, -0.1) is 0 Å². The second-order valence-electron chi connectivity index (χ2n) is 9.85. The Labute approximate surface area is 241 Å². The first-order chi connectivity index (χ1) is 19.5. The minimum absolute atomic E-state index is 0.0382. The number of carbonyl (C=O) groups excluding carboxylic acids is 2. The molecule has 0 spiro atoms. The van der Waals surface area contributed by atoms with E-state index in [9.17, 15) is 28.1 Å². The van der Waals surface area contributed by atoms with Gasteiger partial charge in [0.05, 0.1) is 15.5 Å². The van der Waals surface area contributed by atoms with Crippen LogP contribution in [0.4, 0.5) is 11.4 Å². The van der Waals surface area contributed by atoms with Crippen molar-refractivity contribution in [3.8, 4) is 0 Å². The highest BCUT2D eigenvalue weighted by atomic mass is 32.2. The number of nitrogens with zero attached hydrogens (tertiary/aromatic N) is 3. The second kappa shape index (κ2) is 13.9. The topological polar surface area (TPSA) is 130 Å². The number of nitro groups is 1. The van der Waals surface area contributed by atoms with Crippen LogP contribution in [0.3, 0.4) is 0 Å². The Morgan fingerprint density at radius 3 is 2.20 bits per heavy atom. The van der Waals surface area contributed by atoms with Crippen molar-refractivity contribution >= 4 is 33.2 Å². The predicted molar refractivity (Wildman–Crippen MR) is 158 cm³/mol. The van der Waals surface area contributed by atoms with Crippen molar-refractivity contribution in [1.82, 2.24) is 10.2 Å². The monoisotopic (exact) mass is 580 g/mol. The van der Waals surface area contributed by atoms with E-state index in [2.05, 4.69) is 5.32 Å². The zero-order valence-electron chi connectivity index (χ0n) is 23.7. The van der Waals surface area contributed by atoms with E-state index in [0.717, 1.165) is 21.5 Å². The summed E-state index contributed by atoms with van der Waals surface area (Å²) in [5.74, 6) is -0.960. The van der Waals surface area contributed by atoms with E-state index in [4.69, 9.17) is 0 Å². The number of amides is 2. The van der Waals surface area contributed by atoms with E-state index < -0.39 is 33.4 Å². The molecule has 3 rings (SSSR count). The van der Waals surface area contributed by atoms with Crippen molar-refractivity contribution in [3.63, 3.8) is 0 Å². The van der Waals surface area contributed by atoms with Crippen molar-refractivity contribution in [2.75, 3.05) is 10.8 Å². The molecule has 0 fully saturated rings. The van der Waals surface area contributed by atoms with Gasteiger partial charge in [-0.2, -0.15) is 0 Å². The SMILES string of the molecule is CC[C@H](C)NC(=O)[C@H](CC)N(Cc1ccc(C)cc1)C(=O)CN(c1cccc([N+](=O)[O-])c1)S(=O)(=O)c1ccccc1. The molecular formula is C30H36N4O6S. The van der Waals surface area contributed by atoms with Crippen LogP contribution in [0.1, 0.15) is 44.7 Å². The number of non-ortho nitro benzene ring substituents is 1.